The summed E-state index contributed by atoms with van der Waals surface area (Å²) in [5, 5.41) is 0. The van der Waals surface area contributed by atoms with E-state index in [1.54, 1.807) is 0 Å². The smallest absolute Gasteiger partial charge is 0.368 e. The molecule has 0 aliphatic carbocycles. The van der Waals surface area contributed by atoms with E-state index in [9.17, 15) is 0 Å². The van der Waals surface area contributed by atoms with E-state index >= 15 is 0 Å². The molecule has 0 bridgehead atoms. The van der Waals surface area contributed by atoms with Crippen LogP contribution >= 0.6 is 0 Å². The predicted octanol–water partition coefficient (Wildman–Crippen LogP) is -0.726. The van der Waals surface area contributed by atoms with Crippen LogP contribution in [0.4, 0.5) is 0 Å². The van der Waals surface area contributed by atoms with Crippen LogP contribution in [0, 0.1) is 0 Å². The van der Waals surface area contributed by atoms with Crippen LogP contribution in [-0.2, 0) is 0 Å². The van der Waals surface area contributed by atoms with Crippen molar-refractivity contribution in [2.24, 2.45) is 0 Å². The molecule has 4 N–H and O–H groups in total. The molecule has 14 heavy (non-hydrogen) atoms. The second kappa shape index (κ2) is 7.33. The fourth-order valence-corrected chi connectivity index (χ4v) is 1.34. The maximum absolute atomic E-state index is 7.33. The monoisotopic (exact) mass is 226 g/mol. The molecule has 0 saturated heterocycles. The number of nitrogens with zero attached hydrogens (tertiary/aromatic N) is 1. The number of rotatable bonds is 4. The summed E-state index contributed by atoms with van der Waals surface area (Å²) < 4.78 is 1.28. The third-order valence-corrected chi connectivity index (χ3v) is 2.68. The van der Waals surface area contributed by atoms with Crippen LogP contribution in [-0.4, -0.2) is 58.9 Å². The molecule has 0 saturated carbocycles. The number of quaternary nitrogens is 1. The minimum Gasteiger partial charge on any atom is -0.368 e. The summed E-state index contributed by atoms with van der Waals surface area (Å²) >= 11 is 0. The maximum Gasteiger partial charge on any atom is 0.668 e. The SMILES string of the molecule is CC[N+](CC)(CC)CC.O[Si](O)(O)O. The molecule has 0 fully saturated rings. The lowest BCUT2D eigenvalue weighted by Gasteiger charge is -2.34. The summed E-state index contributed by atoms with van der Waals surface area (Å²) in [5.41, 5.74) is 0. The largest absolute Gasteiger partial charge is 0.668 e. The van der Waals surface area contributed by atoms with Crippen molar-refractivity contribution in [3.8, 4) is 0 Å². The first-order valence-electron chi connectivity index (χ1n) is 4.99. The highest BCUT2D eigenvalue weighted by Gasteiger charge is 2.22. The van der Waals surface area contributed by atoms with Gasteiger partial charge in [-0.15, -0.1) is 0 Å². The molecule has 0 aliphatic rings. The molecular weight excluding hydrogens is 202 g/mol. The first-order valence-corrected chi connectivity index (χ1v) is 6.78. The summed E-state index contributed by atoms with van der Waals surface area (Å²) in [5.74, 6) is 0. The van der Waals surface area contributed by atoms with Crippen molar-refractivity contribution < 1.29 is 23.7 Å². The number of hydrogen-bond acceptors (Lipinski definition) is 4. The molecule has 0 spiro atoms. The average Bonchev–Trinajstić information content (AvgIpc) is 2.07. The third kappa shape index (κ3) is 10.1. The minimum atomic E-state index is -4.61. The van der Waals surface area contributed by atoms with E-state index < -0.39 is 9.05 Å². The molecule has 0 atom stereocenters. The van der Waals surface area contributed by atoms with Crippen LogP contribution in [0.3, 0.4) is 0 Å². The summed E-state index contributed by atoms with van der Waals surface area (Å²) in [4.78, 5) is 29.3. The highest BCUT2D eigenvalue weighted by molar-refractivity contribution is 6.46. The topological polar surface area (TPSA) is 80.9 Å². The molecule has 0 aromatic rings. The standard InChI is InChI=1S/C8H20N.H4O4Si/c1-5-9(6-2,7-3)8-4;1-5(2,3)4/h5-8H2,1-4H3;1-4H/q+1;. The molecule has 88 valence electrons. The molecule has 6 heteroatoms. The maximum atomic E-state index is 7.33. The van der Waals surface area contributed by atoms with Gasteiger partial charge in [0.25, 0.3) is 0 Å². The molecule has 0 aromatic carbocycles. The first-order chi connectivity index (χ1) is 6.24. The molecule has 0 amide bonds. The molecule has 0 radical (unpaired) electrons. The normalized spacial score (nSPS) is 12.0. The Kier molecular flexibility index (Phi) is 8.61. The van der Waals surface area contributed by atoms with Crippen molar-refractivity contribution >= 4 is 9.05 Å². The van der Waals surface area contributed by atoms with E-state index in [2.05, 4.69) is 27.7 Å². The van der Waals surface area contributed by atoms with Crippen LogP contribution < -0.4 is 0 Å². The zero-order valence-electron chi connectivity index (χ0n) is 9.56. The van der Waals surface area contributed by atoms with Crippen LogP contribution in [0.1, 0.15) is 27.7 Å². The second-order valence-electron chi connectivity index (χ2n) is 3.21. The summed E-state index contributed by atoms with van der Waals surface area (Å²) in [6, 6.07) is 0. The van der Waals surface area contributed by atoms with Crippen LogP contribution in [0.15, 0.2) is 0 Å². The lowest BCUT2D eigenvalue weighted by atomic mass is 10.3. The Morgan fingerprint density at radius 2 is 0.857 bits per heavy atom. The number of hydrogen-bond donors (Lipinski definition) is 4. The van der Waals surface area contributed by atoms with E-state index in [0.29, 0.717) is 0 Å². The quantitative estimate of drug-likeness (QED) is 0.376. The zero-order valence-corrected chi connectivity index (χ0v) is 10.6. The average molecular weight is 226 g/mol. The molecule has 0 unspecified atom stereocenters. The van der Waals surface area contributed by atoms with Crippen molar-refractivity contribution in [2.75, 3.05) is 26.2 Å². The van der Waals surface area contributed by atoms with Crippen molar-refractivity contribution in [3.05, 3.63) is 0 Å². The van der Waals surface area contributed by atoms with Gasteiger partial charge in [-0.05, 0) is 27.7 Å². The van der Waals surface area contributed by atoms with E-state index in [0.717, 1.165) is 0 Å². The summed E-state index contributed by atoms with van der Waals surface area (Å²) in [6.07, 6.45) is 0. The van der Waals surface area contributed by atoms with Gasteiger partial charge in [0.2, 0.25) is 0 Å². The first kappa shape index (κ1) is 16.4. The minimum absolute atomic E-state index is 1.28. The van der Waals surface area contributed by atoms with Crippen molar-refractivity contribution in [3.63, 3.8) is 0 Å². The van der Waals surface area contributed by atoms with Gasteiger partial charge in [0, 0.05) is 0 Å². The van der Waals surface area contributed by atoms with Gasteiger partial charge in [-0.2, -0.15) is 0 Å². The fourth-order valence-electron chi connectivity index (χ4n) is 1.34. The third-order valence-electron chi connectivity index (χ3n) is 2.68. The van der Waals surface area contributed by atoms with Crippen molar-refractivity contribution in [2.45, 2.75) is 27.7 Å². The van der Waals surface area contributed by atoms with Crippen molar-refractivity contribution in [1.82, 2.24) is 0 Å². The Labute approximate surface area is 87.3 Å². The van der Waals surface area contributed by atoms with E-state index in [1.165, 1.54) is 30.7 Å². The van der Waals surface area contributed by atoms with Gasteiger partial charge < -0.3 is 23.7 Å². The predicted molar refractivity (Wildman–Crippen MR) is 57.1 cm³/mol. The van der Waals surface area contributed by atoms with Crippen LogP contribution in [0.25, 0.3) is 0 Å². The van der Waals surface area contributed by atoms with E-state index in [-0.39, 0.29) is 0 Å². The lowest BCUT2D eigenvalue weighted by molar-refractivity contribution is -0.921. The lowest BCUT2D eigenvalue weighted by Crippen LogP contribution is -2.47. The Bertz CT molecular complexity index is 110. The molecular formula is C8H24NO4Si+. The van der Waals surface area contributed by atoms with Gasteiger partial charge in [0.1, 0.15) is 0 Å². The molecule has 0 heterocycles. The van der Waals surface area contributed by atoms with Crippen LogP contribution in [0.2, 0.25) is 0 Å². The van der Waals surface area contributed by atoms with Gasteiger partial charge in [-0.25, -0.2) is 0 Å². The summed E-state index contributed by atoms with van der Waals surface area (Å²) in [7, 11) is -4.61. The highest BCUT2D eigenvalue weighted by atomic mass is 28.4. The van der Waals surface area contributed by atoms with Gasteiger partial charge in [0.15, 0.2) is 0 Å². The Hall–Kier alpha value is 0.0169. The summed E-state index contributed by atoms with van der Waals surface area (Å²) in [6.45, 7) is 14.2. The Morgan fingerprint density at radius 1 is 0.714 bits per heavy atom. The zero-order chi connectivity index (χ0) is 11.8. The van der Waals surface area contributed by atoms with Crippen molar-refractivity contribution in [1.29, 1.82) is 0 Å². The van der Waals surface area contributed by atoms with E-state index in [1.807, 2.05) is 0 Å². The van der Waals surface area contributed by atoms with Crippen LogP contribution in [0.5, 0.6) is 0 Å². The highest BCUT2D eigenvalue weighted by Crippen LogP contribution is 2.03. The van der Waals surface area contributed by atoms with Gasteiger partial charge in [-0.3, -0.25) is 0 Å². The van der Waals surface area contributed by atoms with Gasteiger partial charge in [-0.1, -0.05) is 0 Å². The van der Waals surface area contributed by atoms with Gasteiger partial charge in [0.05, 0.1) is 26.2 Å². The molecule has 0 aliphatic heterocycles. The molecule has 0 aromatic heterocycles. The molecule has 0 rings (SSSR count). The van der Waals surface area contributed by atoms with E-state index in [4.69, 9.17) is 19.2 Å². The fraction of sp³-hybridized carbons (Fsp3) is 1.00. The molecule has 5 nitrogen and oxygen atoms in total. The Balaban J connectivity index is 0. The second-order valence-corrected chi connectivity index (χ2v) is 4.41. The van der Waals surface area contributed by atoms with Gasteiger partial charge >= 0.3 is 9.05 Å². The Morgan fingerprint density at radius 3 is 0.857 bits per heavy atom.